The molecule has 0 unspecified atom stereocenters. The highest BCUT2D eigenvalue weighted by atomic mass is 35.5. The maximum Gasteiger partial charge on any atom is 0.433 e. The summed E-state index contributed by atoms with van der Waals surface area (Å²) in [5, 5.41) is -0.561. The molecule has 0 aliphatic rings. The molecule has 0 amide bonds. The van der Waals surface area contributed by atoms with Crippen molar-refractivity contribution in [1.29, 1.82) is 0 Å². The summed E-state index contributed by atoms with van der Waals surface area (Å²) in [6.45, 7) is 0. The van der Waals surface area contributed by atoms with Crippen LogP contribution < -0.4 is 0 Å². The van der Waals surface area contributed by atoms with E-state index >= 15 is 0 Å². The number of esters is 1. The quantitative estimate of drug-likeness (QED) is 0.597. The second-order valence-electron chi connectivity index (χ2n) is 2.76. The fourth-order valence-corrected chi connectivity index (χ4v) is 1.12. The molecule has 0 fully saturated rings. The van der Waals surface area contributed by atoms with Gasteiger partial charge in [-0.25, -0.2) is 9.97 Å². The van der Waals surface area contributed by atoms with Crippen LogP contribution >= 0.6 is 11.6 Å². The standard InChI is InChI=1S/C8H6ClF3N2O2/c1-16-6(15)3-4-2-5(8(10,11)12)14-7(9)13-4/h2H,3H2,1H3. The van der Waals surface area contributed by atoms with E-state index in [9.17, 15) is 18.0 Å². The molecule has 0 bridgehead atoms. The van der Waals surface area contributed by atoms with Crippen LogP contribution in [0.3, 0.4) is 0 Å². The van der Waals surface area contributed by atoms with Crippen molar-refractivity contribution < 1.29 is 22.7 Å². The average molecular weight is 255 g/mol. The van der Waals surface area contributed by atoms with E-state index in [-0.39, 0.29) is 12.1 Å². The highest BCUT2D eigenvalue weighted by molar-refractivity contribution is 6.28. The zero-order valence-electron chi connectivity index (χ0n) is 8.01. The molecular formula is C8H6ClF3N2O2. The summed E-state index contributed by atoms with van der Waals surface area (Å²) in [6, 6.07) is 0.656. The molecular weight excluding hydrogens is 249 g/mol. The minimum Gasteiger partial charge on any atom is -0.469 e. The van der Waals surface area contributed by atoms with Crippen molar-refractivity contribution in [3.8, 4) is 0 Å². The smallest absolute Gasteiger partial charge is 0.433 e. The molecule has 88 valence electrons. The van der Waals surface area contributed by atoms with Gasteiger partial charge in [-0.3, -0.25) is 4.79 Å². The first-order chi connectivity index (χ1) is 7.32. The zero-order chi connectivity index (χ0) is 12.3. The van der Waals surface area contributed by atoms with E-state index in [4.69, 9.17) is 11.6 Å². The molecule has 0 spiro atoms. The van der Waals surface area contributed by atoms with Gasteiger partial charge in [-0.15, -0.1) is 0 Å². The van der Waals surface area contributed by atoms with Crippen LogP contribution in [0.4, 0.5) is 13.2 Å². The molecule has 0 aromatic carbocycles. The Bertz CT molecular complexity index is 409. The molecule has 1 heterocycles. The van der Waals surface area contributed by atoms with Crippen molar-refractivity contribution in [3.05, 3.63) is 22.7 Å². The zero-order valence-corrected chi connectivity index (χ0v) is 8.76. The molecule has 0 saturated heterocycles. The summed E-state index contributed by atoms with van der Waals surface area (Å²) in [5.41, 5.74) is -1.33. The van der Waals surface area contributed by atoms with Crippen LogP contribution in [0, 0.1) is 0 Å². The lowest BCUT2D eigenvalue weighted by atomic mass is 10.2. The number of ether oxygens (including phenoxy) is 1. The molecule has 0 N–H and O–H groups in total. The highest BCUT2D eigenvalue weighted by Gasteiger charge is 2.33. The highest BCUT2D eigenvalue weighted by Crippen LogP contribution is 2.28. The average Bonchev–Trinajstić information content (AvgIpc) is 2.15. The molecule has 0 saturated carbocycles. The van der Waals surface area contributed by atoms with Gasteiger partial charge in [0, 0.05) is 0 Å². The Morgan fingerprint density at radius 1 is 1.50 bits per heavy atom. The fourth-order valence-electron chi connectivity index (χ4n) is 0.921. The maximum atomic E-state index is 12.3. The summed E-state index contributed by atoms with van der Waals surface area (Å²) in [5.74, 6) is -0.706. The number of rotatable bonds is 2. The maximum absolute atomic E-state index is 12.3. The second-order valence-corrected chi connectivity index (χ2v) is 3.10. The van der Waals surface area contributed by atoms with Crippen molar-refractivity contribution in [1.82, 2.24) is 9.97 Å². The van der Waals surface area contributed by atoms with Crippen LogP contribution in [0.25, 0.3) is 0 Å². The van der Waals surface area contributed by atoms with Gasteiger partial charge in [0.2, 0.25) is 5.28 Å². The number of methoxy groups -OCH3 is 1. The summed E-state index contributed by atoms with van der Waals surface area (Å²) in [7, 11) is 1.12. The number of hydrogen-bond donors (Lipinski definition) is 0. The number of carbonyl (C=O) groups excluding carboxylic acids is 1. The first kappa shape index (κ1) is 12.7. The molecule has 1 aromatic heterocycles. The largest absolute Gasteiger partial charge is 0.469 e. The van der Waals surface area contributed by atoms with Crippen molar-refractivity contribution >= 4 is 17.6 Å². The van der Waals surface area contributed by atoms with Gasteiger partial charge >= 0.3 is 12.1 Å². The first-order valence-corrected chi connectivity index (χ1v) is 4.38. The normalized spacial score (nSPS) is 11.3. The lowest BCUT2D eigenvalue weighted by Crippen LogP contribution is -2.12. The van der Waals surface area contributed by atoms with Crippen LogP contribution in [0.1, 0.15) is 11.4 Å². The van der Waals surface area contributed by atoms with Crippen LogP contribution in [0.15, 0.2) is 6.07 Å². The van der Waals surface area contributed by atoms with E-state index in [0.717, 1.165) is 7.11 Å². The number of carbonyl (C=O) groups is 1. The molecule has 16 heavy (non-hydrogen) atoms. The summed E-state index contributed by atoms with van der Waals surface area (Å²) >= 11 is 5.31. The van der Waals surface area contributed by atoms with E-state index in [0.29, 0.717) is 6.07 Å². The van der Waals surface area contributed by atoms with Crippen molar-refractivity contribution in [2.24, 2.45) is 0 Å². The van der Waals surface area contributed by atoms with Gasteiger partial charge in [0.1, 0.15) is 5.69 Å². The van der Waals surface area contributed by atoms with Gasteiger partial charge in [0.05, 0.1) is 19.2 Å². The van der Waals surface area contributed by atoms with Gasteiger partial charge in [-0.05, 0) is 17.7 Å². The molecule has 8 heteroatoms. The third-order valence-electron chi connectivity index (χ3n) is 1.60. The third kappa shape index (κ3) is 3.34. The number of hydrogen-bond acceptors (Lipinski definition) is 4. The minimum atomic E-state index is -4.63. The lowest BCUT2D eigenvalue weighted by Gasteiger charge is -2.07. The summed E-state index contributed by atoms with van der Waals surface area (Å²) < 4.78 is 41.2. The second kappa shape index (κ2) is 4.65. The van der Waals surface area contributed by atoms with E-state index in [1.54, 1.807) is 0 Å². The van der Waals surface area contributed by atoms with Gasteiger partial charge in [-0.1, -0.05) is 0 Å². The molecule has 1 aromatic rings. The lowest BCUT2D eigenvalue weighted by molar-refractivity contribution is -0.142. The molecule has 4 nitrogen and oxygen atoms in total. The Hall–Kier alpha value is -1.37. The number of aromatic nitrogens is 2. The fraction of sp³-hybridized carbons (Fsp3) is 0.375. The Morgan fingerprint density at radius 3 is 2.62 bits per heavy atom. The summed E-state index contributed by atoms with van der Waals surface area (Å²) in [4.78, 5) is 17.4. The predicted molar refractivity (Wildman–Crippen MR) is 47.8 cm³/mol. The van der Waals surface area contributed by atoms with Crippen LogP contribution in [-0.4, -0.2) is 23.0 Å². The topological polar surface area (TPSA) is 52.1 Å². The Kier molecular flexibility index (Phi) is 3.69. The third-order valence-corrected chi connectivity index (χ3v) is 1.76. The Balaban J connectivity index is 3.04. The van der Waals surface area contributed by atoms with Gasteiger partial charge in [0.25, 0.3) is 0 Å². The van der Waals surface area contributed by atoms with Crippen LogP contribution in [0.2, 0.25) is 5.28 Å². The van der Waals surface area contributed by atoms with Gasteiger partial charge in [0.15, 0.2) is 0 Å². The molecule has 0 radical (unpaired) electrons. The molecule has 0 aliphatic heterocycles. The number of alkyl halides is 3. The predicted octanol–water partition coefficient (Wildman–Crippen LogP) is 1.86. The SMILES string of the molecule is COC(=O)Cc1cc(C(F)(F)F)nc(Cl)n1. The molecule has 0 aliphatic carbocycles. The van der Waals surface area contributed by atoms with Crippen molar-refractivity contribution in [2.45, 2.75) is 12.6 Å². The Morgan fingerprint density at radius 2 is 2.12 bits per heavy atom. The number of halogens is 4. The monoisotopic (exact) mass is 254 g/mol. The summed E-state index contributed by atoms with van der Waals surface area (Å²) in [6.07, 6.45) is -5.01. The van der Waals surface area contributed by atoms with Gasteiger partial charge in [-0.2, -0.15) is 13.2 Å². The van der Waals surface area contributed by atoms with Crippen LogP contribution in [-0.2, 0) is 22.1 Å². The van der Waals surface area contributed by atoms with E-state index in [1.165, 1.54) is 0 Å². The molecule has 1 rings (SSSR count). The van der Waals surface area contributed by atoms with E-state index in [2.05, 4.69) is 14.7 Å². The minimum absolute atomic E-state index is 0.140. The number of nitrogens with zero attached hydrogens (tertiary/aromatic N) is 2. The Labute approximate surface area is 93.4 Å². The van der Waals surface area contributed by atoms with Crippen molar-refractivity contribution in [3.63, 3.8) is 0 Å². The van der Waals surface area contributed by atoms with Gasteiger partial charge < -0.3 is 4.74 Å². The van der Waals surface area contributed by atoms with E-state index in [1.807, 2.05) is 0 Å². The first-order valence-electron chi connectivity index (χ1n) is 4.00. The van der Waals surface area contributed by atoms with E-state index < -0.39 is 23.1 Å². The van der Waals surface area contributed by atoms with Crippen LogP contribution in [0.5, 0.6) is 0 Å². The van der Waals surface area contributed by atoms with Crippen molar-refractivity contribution in [2.75, 3.05) is 7.11 Å². The molecule has 0 atom stereocenters.